The summed E-state index contributed by atoms with van der Waals surface area (Å²) in [6.07, 6.45) is -0.402. The molecule has 2 aliphatic rings. The first-order chi connectivity index (χ1) is 22.8. The maximum atomic E-state index is 15.2. The summed E-state index contributed by atoms with van der Waals surface area (Å²) in [5.74, 6) is -0.589. The molecule has 3 N–H and O–H groups in total. The van der Waals surface area contributed by atoms with Gasteiger partial charge in [0, 0.05) is 76.3 Å². The lowest BCUT2D eigenvalue weighted by Gasteiger charge is -2.44. The van der Waals surface area contributed by atoms with Gasteiger partial charge >= 0.3 is 11.9 Å². The van der Waals surface area contributed by atoms with Crippen LogP contribution >= 0.6 is 23.1 Å². The SMILES string of the molecule is C=CC(=O)N1[C@H](C)CN(c2nc(=O)n3c4c(c(-c5csc(C=N)c5C(N)=O)c(C(F)(F)F)cc24)SCC(Oc2ccncc2)C3)C[C@@H]1C. The molecular weight excluding hydrogens is 668 g/mol. The maximum absolute atomic E-state index is 15.2. The van der Waals surface area contributed by atoms with Crippen molar-refractivity contribution >= 4 is 57.8 Å². The third kappa shape index (κ3) is 5.83. The normalized spacial score (nSPS) is 19.6. The fourth-order valence-electron chi connectivity index (χ4n) is 6.50. The molecule has 16 heteroatoms. The number of aromatic nitrogens is 3. The van der Waals surface area contributed by atoms with Gasteiger partial charge in [-0.15, -0.1) is 23.1 Å². The van der Waals surface area contributed by atoms with Crippen LogP contribution in [0.25, 0.3) is 22.0 Å². The summed E-state index contributed by atoms with van der Waals surface area (Å²) in [5, 5.41) is 9.24. The van der Waals surface area contributed by atoms with Crippen molar-refractivity contribution in [1.82, 2.24) is 19.4 Å². The lowest BCUT2D eigenvalue weighted by molar-refractivity contribution is -0.137. The molecule has 3 aromatic heterocycles. The minimum Gasteiger partial charge on any atom is -0.488 e. The highest BCUT2D eigenvalue weighted by Gasteiger charge is 2.41. The van der Waals surface area contributed by atoms with Gasteiger partial charge in [-0.3, -0.25) is 19.1 Å². The van der Waals surface area contributed by atoms with E-state index in [0.29, 0.717) is 5.75 Å². The molecule has 48 heavy (non-hydrogen) atoms. The van der Waals surface area contributed by atoms with E-state index in [1.54, 1.807) is 21.9 Å². The highest BCUT2D eigenvalue weighted by atomic mass is 32.2. The fourth-order valence-corrected chi connectivity index (χ4v) is 8.63. The number of nitrogens with zero attached hydrogens (tertiary/aromatic N) is 5. The highest BCUT2D eigenvalue weighted by Crippen LogP contribution is 2.50. The summed E-state index contributed by atoms with van der Waals surface area (Å²) in [6, 6.07) is 3.51. The Morgan fingerprint density at radius 2 is 1.85 bits per heavy atom. The van der Waals surface area contributed by atoms with Gasteiger partial charge in [0.1, 0.15) is 17.7 Å². The Morgan fingerprint density at radius 1 is 1.17 bits per heavy atom. The molecule has 0 aliphatic carbocycles. The predicted molar refractivity (Wildman–Crippen MR) is 178 cm³/mol. The summed E-state index contributed by atoms with van der Waals surface area (Å²) in [7, 11) is 0. The number of rotatable bonds is 7. The van der Waals surface area contributed by atoms with Crippen LogP contribution in [0, 0.1) is 5.41 Å². The van der Waals surface area contributed by atoms with Gasteiger partial charge in [0.15, 0.2) is 0 Å². The van der Waals surface area contributed by atoms with Crippen molar-refractivity contribution in [1.29, 1.82) is 5.41 Å². The van der Waals surface area contributed by atoms with Crippen LogP contribution in [-0.2, 0) is 17.5 Å². The van der Waals surface area contributed by atoms with Gasteiger partial charge < -0.3 is 25.7 Å². The molecule has 250 valence electrons. The molecule has 2 aliphatic heterocycles. The van der Waals surface area contributed by atoms with Gasteiger partial charge in [-0.25, -0.2) is 4.79 Å². The molecule has 4 aromatic rings. The largest absolute Gasteiger partial charge is 0.488 e. The predicted octanol–water partition coefficient (Wildman–Crippen LogP) is 4.80. The van der Waals surface area contributed by atoms with Crippen molar-refractivity contribution in [3.63, 3.8) is 0 Å². The second-order valence-corrected chi connectivity index (χ2v) is 13.5. The number of carbonyl (C=O) groups is 2. The first kappa shape index (κ1) is 33.2. The van der Waals surface area contributed by atoms with Gasteiger partial charge in [-0.1, -0.05) is 6.58 Å². The zero-order valence-corrected chi connectivity index (χ0v) is 27.4. The monoisotopic (exact) mass is 697 g/mol. The summed E-state index contributed by atoms with van der Waals surface area (Å²) < 4.78 is 53.1. The molecule has 0 radical (unpaired) electrons. The van der Waals surface area contributed by atoms with Gasteiger partial charge in [-0.05, 0) is 38.1 Å². The molecule has 11 nitrogen and oxygen atoms in total. The molecule has 0 spiro atoms. The number of amides is 2. The molecule has 1 fully saturated rings. The lowest BCUT2D eigenvalue weighted by atomic mass is 9.94. The van der Waals surface area contributed by atoms with Gasteiger partial charge in [-0.2, -0.15) is 18.2 Å². The second kappa shape index (κ2) is 12.7. The molecule has 1 saturated heterocycles. The van der Waals surface area contributed by atoms with Crippen LogP contribution in [0.2, 0.25) is 0 Å². The number of benzene rings is 1. The van der Waals surface area contributed by atoms with Crippen LogP contribution in [-0.4, -0.2) is 74.5 Å². The van der Waals surface area contributed by atoms with E-state index in [0.717, 1.165) is 35.4 Å². The first-order valence-electron chi connectivity index (χ1n) is 14.8. The Labute approximate surface area is 280 Å². The molecule has 2 amide bonds. The number of halogens is 3. The minimum absolute atomic E-state index is 0.0256. The Bertz CT molecular complexity index is 2000. The van der Waals surface area contributed by atoms with E-state index in [1.165, 1.54) is 28.4 Å². The summed E-state index contributed by atoms with van der Waals surface area (Å²) in [6.45, 7) is 7.58. The third-order valence-electron chi connectivity index (χ3n) is 8.37. The maximum Gasteiger partial charge on any atom is 0.417 e. The van der Waals surface area contributed by atoms with E-state index >= 15 is 13.2 Å². The van der Waals surface area contributed by atoms with E-state index in [9.17, 15) is 14.4 Å². The zero-order valence-electron chi connectivity index (χ0n) is 25.8. The molecule has 1 aromatic carbocycles. The minimum atomic E-state index is -4.91. The second-order valence-electron chi connectivity index (χ2n) is 11.5. The number of nitrogens with two attached hydrogens (primary N) is 1. The number of anilines is 1. The Morgan fingerprint density at radius 3 is 2.46 bits per heavy atom. The van der Waals surface area contributed by atoms with E-state index in [2.05, 4.69) is 16.5 Å². The van der Waals surface area contributed by atoms with Crippen LogP contribution < -0.4 is 21.1 Å². The van der Waals surface area contributed by atoms with Crippen molar-refractivity contribution in [3.05, 3.63) is 75.1 Å². The number of alkyl halides is 3. The van der Waals surface area contributed by atoms with Crippen LogP contribution in [0.4, 0.5) is 19.0 Å². The molecule has 0 bridgehead atoms. The molecule has 1 unspecified atom stereocenters. The zero-order chi connectivity index (χ0) is 34.5. The quantitative estimate of drug-likeness (QED) is 0.207. The Balaban J connectivity index is 1.64. The van der Waals surface area contributed by atoms with Gasteiger partial charge in [0.25, 0.3) is 5.91 Å². The van der Waals surface area contributed by atoms with Gasteiger partial charge in [0.2, 0.25) is 5.91 Å². The topological polar surface area (TPSA) is 148 Å². The van der Waals surface area contributed by atoms with Crippen molar-refractivity contribution < 1.29 is 27.5 Å². The molecule has 0 saturated carbocycles. The molecule has 6 rings (SSSR count). The van der Waals surface area contributed by atoms with Crippen molar-refractivity contribution in [2.45, 2.75) is 49.7 Å². The van der Waals surface area contributed by atoms with Gasteiger partial charge in [0.05, 0.1) is 28.1 Å². The number of hydrogen-bond acceptors (Lipinski definition) is 10. The number of thioether (sulfide) groups is 1. The average Bonchev–Trinajstić information content (AvgIpc) is 3.38. The van der Waals surface area contributed by atoms with Crippen molar-refractivity contribution in [2.75, 3.05) is 23.7 Å². The molecule has 5 heterocycles. The number of ether oxygens (including phenoxy) is 1. The van der Waals surface area contributed by atoms with Crippen molar-refractivity contribution in [3.8, 4) is 16.9 Å². The van der Waals surface area contributed by atoms with Crippen LogP contribution in [0.5, 0.6) is 5.75 Å². The van der Waals surface area contributed by atoms with E-state index in [1.807, 2.05) is 13.8 Å². The third-order valence-corrected chi connectivity index (χ3v) is 10.5. The van der Waals surface area contributed by atoms with E-state index in [-0.39, 0.29) is 86.6 Å². The number of nitrogens with one attached hydrogen (secondary N) is 1. The Kier molecular flexibility index (Phi) is 8.80. The van der Waals surface area contributed by atoms with Crippen LogP contribution in [0.3, 0.4) is 0 Å². The molecular formula is C32H30F3N7O4S2. The van der Waals surface area contributed by atoms with Crippen LogP contribution in [0.15, 0.2) is 58.3 Å². The summed E-state index contributed by atoms with van der Waals surface area (Å²) in [5.41, 5.74) is 3.56. The van der Waals surface area contributed by atoms with Crippen molar-refractivity contribution in [2.24, 2.45) is 5.73 Å². The number of carbonyl (C=O) groups excluding carboxylic acids is 2. The lowest BCUT2D eigenvalue weighted by Crippen LogP contribution is -2.58. The average molecular weight is 698 g/mol. The number of primary amides is 1. The van der Waals surface area contributed by atoms with E-state index < -0.39 is 29.4 Å². The van der Waals surface area contributed by atoms with E-state index in [4.69, 9.17) is 15.9 Å². The summed E-state index contributed by atoms with van der Waals surface area (Å²) >= 11 is 2.00. The number of pyridine rings is 1. The first-order valence-corrected chi connectivity index (χ1v) is 16.7. The number of thiophene rings is 1. The highest BCUT2D eigenvalue weighted by molar-refractivity contribution is 7.99. The number of piperazine rings is 1. The molecule has 3 atom stereocenters. The smallest absolute Gasteiger partial charge is 0.417 e. The fraction of sp³-hybridized carbons (Fsp3) is 0.312. The Hall–Kier alpha value is -4.70. The summed E-state index contributed by atoms with van der Waals surface area (Å²) in [4.78, 5) is 51.1. The standard InChI is InChI=1S/C32H30F3N7O4S2/c1-4-24(43)42-16(2)11-40(12-17(42)3)30-20-9-22(32(33,34)35)25(21-15-47-23(10-36)26(21)29(37)44)28-27(20)41(31(45)39-30)13-19(14-48-28)46-18-5-7-38-8-6-18/h4-10,15-17,19,36H,1,11-14H2,2-3H3,(H2,37,44)/t16-,17+,19?. The van der Waals surface area contributed by atoms with Crippen LogP contribution in [0.1, 0.15) is 34.6 Å². The number of hydrogen-bond donors (Lipinski definition) is 2.